The standard InChI is InChI=1S/C13H16FN3O2S/c1-13(5-2-6-20-13)12(18)16-10-4-3-8(7-9(10)14)11(15)17-19/h3-4,7,19H,2,5-6H2,1H3,(H2,15,17)(H,16,18). The Balaban J connectivity index is 2.16. The zero-order valence-electron chi connectivity index (χ0n) is 11.0. The van der Waals surface area contributed by atoms with E-state index >= 15 is 0 Å². The molecule has 1 heterocycles. The smallest absolute Gasteiger partial charge is 0.240 e. The Hall–Kier alpha value is -1.76. The van der Waals surface area contributed by atoms with Crippen LogP contribution >= 0.6 is 11.8 Å². The van der Waals surface area contributed by atoms with E-state index in [0.29, 0.717) is 0 Å². The maximum Gasteiger partial charge on any atom is 0.240 e. The summed E-state index contributed by atoms with van der Waals surface area (Å²) in [4.78, 5) is 12.2. The highest BCUT2D eigenvalue weighted by Gasteiger charge is 2.37. The fourth-order valence-electron chi connectivity index (χ4n) is 2.05. The number of benzene rings is 1. The van der Waals surface area contributed by atoms with Crippen LogP contribution < -0.4 is 11.1 Å². The van der Waals surface area contributed by atoms with Gasteiger partial charge < -0.3 is 16.3 Å². The fourth-order valence-corrected chi connectivity index (χ4v) is 3.26. The van der Waals surface area contributed by atoms with E-state index in [1.165, 1.54) is 12.1 Å². The first-order valence-electron chi connectivity index (χ1n) is 6.19. The van der Waals surface area contributed by atoms with Crippen LogP contribution in [0.2, 0.25) is 0 Å². The van der Waals surface area contributed by atoms with Gasteiger partial charge in [0, 0.05) is 5.56 Å². The van der Waals surface area contributed by atoms with Gasteiger partial charge in [-0.25, -0.2) is 4.39 Å². The van der Waals surface area contributed by atoms with E-state index < -0.39 is 10.6 Å². The number of nitrogens with one attached hydrogen (secondary N) is 1. The van der Waals surface area contributed by atoms with Gasteiger partial charge in [0.25, 0.3) is 0 Å². The number of nitrogens with zero attached hydrogens (tertiary/aromatic N) is 1. The summed E-state index contributed by atoms with van der Waals surface area (Å²) in [6, 6.07) is 4.01. The second kappa shape index (κ2) is 5.70. The van der Waals surface area contributed by atoms with Gasteiger partial charge in [0.15, 0.2) is 5.84 Å². The van der Waals surface area contributed by atoms with E-state index in [-0.39, 0.29) is 23.0 Å². The molecule has 1 aliphatic heterocycles. The minimum atomic E-state index is -0.617. The molecule has 1 fully saturated rings. The van der Waals surface area contributed by atoms with Crippen molar-refractivity contribution in [3.05, 3.63) is 29.6 Å². The van der Waals surface area contributed by atoms with Gasteiger partial charge in [0.1, 0.15) is 5.82 Å². The number of hydrogen-bond acceptors (Lipinski definition) is 4. The largest absolute Gasteiger partial charge is 0.409 e. The van der Waals surface area contributed by atoms with Gasteiger partial charge in [-0.1, -0.05) is 5.16 Å². The predicted molar refractivity (Wildman–Crippen MR) is 77.6 cm³/mol. The minimum absolute atomic E-state index is 0.0956. The predicted octanol–water partition coefficient (Wildman–Crippen LogP) is 2.14. The number of amidine groups is 1. The number of nitrogens with two attached hydrogens (primary N) is 1. The van der Waals surface area contributed by atoms with Gasteiger partial charge in [-0.3, -0.25) is 4.79 Å². The number of rotatable bonds is 3. The summed E-state index contributed by atoms with van der Waals surface area (Å²) in [7, 11) is 0. The first-order valence-corrected chi connectivity index (χ1v) is 7.18. The summed E-state index contributed by atoms with van der Waals surface area (Å²) in [5.74, 6) is -0.0564. The SMILES string of the molecule is CC1(C(=O)Nc2ccc(/C(N)=N/O)cc2F)CCCS1. The Kier molecular flexibility index (Phi) is 4.17. The number of thioether (sulfide) groups is 1. The molecule has 1 aromatic rings. The van der Waals surface area contributed by atoms with Crippen molar-refractivity contribution in [2.24, 2.45) is 10.9 Å². The summed E-state index contributed by atoms with van der Waals surface area (Å²) in [6.07, 6.45) is 1.77. The van der Waals surface area contributed by atoms with Crippen LogP contribution in [0.25, 0.3) is 0 Å². The number of oxime groups is 1. The van der Waals surface area contributed by atoms with Crippen molar-refractivity contribution in [1.82, 2.24) is 0 Å². The minimum Gasteiger partial charge on any atom is -0.409 e. The average molecular weight is 297 g/mol. The van der Waals surface area contributed by atoms with Crippen molar-refractivity contribution in [3.8, 4) is 0 Å². The summed E-state index contributed by atoms with van der Waals surface area (Å²) in [6.45, 7) is 1.86. The first-order chi connectivity index (χ1) is 9.46. The molecule has 1 aromatic carbocycles. The molecule has 1 saturated heterocycles. The lowest BCUT2D eigenvalue weighted by molar-refractivity contribution is -0.118. The lowest BCUT2D eigenvalue weighted by atomic mass is 10.0. The van der Waals surface area contributed by atoms with Crippen molar-refractivity contribution in [1.29, 1.82) is 0 Å². The fraction of sp³-hybridized carbons (Fsp3) is 0.385. The number of carbonyl (C=O) groups is 1. The molecule has 1 aliphatic rings. The van der Waals surface area contributed by atoms with E-state index in [4.69, 9.17) is 10.9 Å². The third-order valence-electron chi connectivity index (χ3n) is 3.32. The monoisotopic (exact) mass is 297 g/mol. The molecule has 7 heteroatoms. The Morgan fingerprint density at radius 2 is 2.35 bits per heavy atom. The molecule has 0 radical (unpaired) electrons. The quantitative estimate of drug-likeness (QED) is 0.345. The second-order valence-corrected chi connectivity index (χ2v) is 6.41. The van der Waals surface area contributed by atoms with Crippen LogP contribution in [0.3, 0.4) is 0 Å². The molecule has 20 heavy (non-hydrogen) atoms. The number of anilines is 1. The molecule has 0 spiro atoms. The van der Waals surface area contributed by atoms with Crippen LogP contribution in [0.5, 0.6) is 0 Å². The number of halogens is 1. The summed E-state index contributed by atoms with van der Waals surface area (Å²) >= 11 is 1.58. The highest BCUT2D eigenvalue weighted by atomic mass is 32.2. The summed E-state index contributed by atoms with van der Waals surface area (Å²) in [5, 5.41) is 13.9. The average Bonchev–Trinajstić information content (AvgIpc) is 2.88. The van der Waals surface area contributed by atoms with Crippen LogP contribution in [0, 0.1) is 5.82 Å². The van der Waals surface area contributed by atoms with E-state index in [9.17, 15) is 9.18 Å². The molecule has 1 amide bonds. The number of carbonyl (C=O) groups excluding carboxylic acids is 1. The van der Waals surface area contributed by atoms with Gasteiger partial charge in [-0.05, 0) is 43.7 Å². The first kappa shape index (κ1) is 14.6. The van der Waals surface area contributed by atoms with Gasteiger partial charge in [0.2, 0.25) is 5.91 Å². The van der Waals surface area contributed by atoms with E-state index in [1.807, 2.05) is 6.92 Å². The maximum atomic E-state index is 13.9. The molecule has 5 nitrogen and oxygen atoms in total. The van der Waals surface area contributed by atoms with Gasteiger partial charge in [0.05, 0.1) is 10.4 Å². The van der Waals surface area contributed by atoms with E-state index in [2.05, 4.69) is 10.5 Å². The molecule has 4 N–H and O–H groups in total. The number of hydrogen-bond donors (Lipinski definition) is 3. The second-order valence-electron chi connectivity index (χ2n) is 4.82. The third kappa shape index (κ3) is 2.87. The van der Waals surface area contributed by atoms with Crippen molar-refractivity contribution >= 4 is 29.2 Å². The Morgan fingerprint density at radius 1 is 1.60 bits per heavy atom. The zero-order valence-corrected chi connectivity index (χ0v) is 11.8. The Labute approximate surface area is 120 Å². The van der Waals surface area contributed by atoms with E-state index in [1.54, 1.807) is 11.8 Å². The van der Waals surface area contributed by atoms with Crippen LogP contribution in [0.4, 0.5) is 10.1 Å². The topological polar surface area (TPSA) is 87.7 Å². The van der Waals surface area contributed by atoms with Crippen LogP contribution in [0.1, 0.15) is 25.3 Å². The lowest BCUT2D eigenvalue weighted by Crippen LogP contribution is -2.35. The zero-order chi connectivity index (χ0) is 14.8. The summed E-state index contributed by atoms with van der Waals surface area (Å²) in [5.41, 5.74) is 5.73. The highest BCUT2D eigenvalue weighted by molar-refractivity contribution is 8.01. The van der Waals surface area contributed by atoms with Gasteiger partial charge in [-0.2, -0.15) is 0 Å². The molecule has 0 saturated carbocycles. The Morgan fingerprint density at radius 3 is 2.90 bits per heavy atom. The Bertz CT molecular complexity index is 557. The van der Waals surface area contributed by atoms with E-state index in [0.717, 1.165) is 24.7 Å². The van der Waals surface area contributed by atoms with Crippen LogP contribution in [-0.2, 0) is 4.79 Å². The van der Waals surface area contributed by atoms with Gasteiger partial charge in [-0.15, -0.1) is 11.8 Å². The van der Waals surface area contributed by atoms with Crippen molar-refractivity contribution in [2.75, 3.05) is 11.1 Å². The van der Waals surface area contributed by atoms with Crippen LogP contribution in [-0.4, -0.2) is 27.4 Å². The van der Waals surface area contributed by atoms with Crippen molar-refractivity contribution in [2.45, 2.75) is 24.5 Å². The molecule has 108 valence electrons. The molecule has 0 aliphatic carbocycles. The van der Waals surface area contributed by atoms with Crippen molar-refractivity contribution < 1.29 is 14.4 Å². The molecule has 1 atom stereocenters. The number of amides is 1. The third-order valence-corrected chi connectivity index (χ3v) is 4.84. The van der Waals surface area contributed by atoms with Crippen molar-refractivity contribution in [3.63, 3.8) is 0 Å². The molecule has 2 rings (SSSR count). The van der Waals surface area contributed by atoms with Gasteiger partial charge >= 0.3 is 0 Å². The maximum absolute atomic E-state index is 13.9. The molecule has 1 unspecified atom stereocenters. The molecular formula is C13H16FN3O2S. The molecule has 0 bridgehead atoms. The lowest BCUT2D eigenvalue weighted by Gasteiger charge is -2.21. The molecular weight excluding hydrogens is 281 g/mol. The normalized spacial score (nSPS) is 22.8. The van der Waals surface area contributed by atoms with Crippen LogP contribution in [0.15, 0.2) is 23.4 Å². The summed E-state index contributed by atoms with van der Waals surface area (Å²) < 4.78 is 13.4. The molecule has 0 aromatic heterocycles. The highest BCUT2D eigenvalue weighted by Crippen LogP contribution is 2.38.